The molecule has 0 aromatic carbocycles. The molecule has 0 bridgehead atoms. The number of rotatable bonds is 6. The van der Waals surface area contributed by atoms with E-state index < -0.39 is 0 Å². The van der Waals surface area contributed by atoms with Crippen molar-refractivity contribution < 1.29 is 15.3 Å². The van der Waals surface area contributed by atoms with Crippen molar-refractivity contribution in [1.82, 2.24) is 4.90 Å². The maximum atomic E-state index is 8.89. The summed E-state index contributed by atoms with van der Waals surface area (Å²) < 4.78 is 0. The Bertz CT molecular complexity index is 375. The standard InChI is InChI=1S/C12H17NO3S/c14-7-1-2-11-3-4-12(17-11)10-13(5-8-15)6-9-16/h3-4,14-16H,5-10H2. The quantitative estimate of drug-likeness (QED) is 0.620. The van der Waals surface area contributed by atoms with Crippen LogP contribution in [0.1, 0.15) is 9.75 Å². The second kappa shape index (κ2) is 8.23. The van der Waals surface area contributed by atoms with E-state index >= 15 is 0 Å². The maximum Gasteiger partial charge on any atom is 0.104 e. The summed E-state index contributed by atoms with van der Waals surface area (Å²) in [7, 11) is 0. The van der Waals surface area contributed by atoms with Crippen LogP contribution in [0.25, 0.3) is 0 Å². The Morgan fingerprint density at radius 3 is 2.41 bits per heavy atom. The fourth-order valence-corrected chi connectivity index (χ4v) is 2.35. The summed E-state index contributed by atoms with van der Waals surface area (Å²) in [5.41, 5.74) is 0. The van der Waals surface area contributed by atoms with Gasteiger partial charge in [0.2, 0.25) is 0 Å². The minimum Gasteiger partial charge on any atom is -0.395 e. The lowest BCUT2D eigenvalue weighted by molar-refractivity contribution is 0.157. The molecule has 1 aromatic rings. The Balaban J connectivity index is 2.56. The average Bonchev–Trinajstić information content (AvgIpc) is 2.75. The molecule has 3 N–H and O–H groups in total. The molecule has 17 heavy (non-hydrogen) atoms. The molecule has 1 heterocycles. The van der Waals surface area contributed by atoms with Gasteiger partial charge in [0.1, 0.15) is 6.61 Å². The van der Waals surface area contributed by atoms with E-state index in [9.17, 15) is 0 Å². The molecule has 0 saturated heterocycles. The molecule has 0 aliphatic carbocycles. The van der Waals surface area contributed by atoms with Gasteiger partial charge in [0.25, 0.3) is 0 Å². The van der Waals surface area contributed by atoms with Crippen LogP contribution in [0.3, 0.4) is 0 Å². The van der Waals surface area contributed by atoms with Crippen molar-refractivity contribution in [3.63, 3.8) is 0 Å². The Morgan fingerprint density at radius 2 is 1.82 bits per heavy atom. The van der Waals surface area contributed by atoms with Gasteiger partial charge in [0.05, 0.1) is 18.1 Å². The van der Waals surface area contributed by atoms with E-state index in [0.717, 1.165) is 9.75 Å². The summed E-state index contributed by atoms with van der Waals surface area (Å²) in [5.74, 6) is 5.46. The highest BCUT2D eigenvalue weighted by Gasteiger charge is 2.06. The highest BCUT2D eigenvalue weighted by Crippen LogP contribution is 2.17. The van der Waals surface area contributed by atoms with Crippen molar-refractivity contribution in [1.29, 1.82) is 0 Å². The van der Waals surface area contributed by atoms with Crippen LogP contribution in [-0.4, -0.2) is 53.1 Å². The first kappa shape index (κ1) is 14.2. The van der Waals surface area contributed by atoms with Crippen molar-refractivity contribution in [3.05, 3.63) is 21.9 Å². The monoisotopic (exact) mass is 255 g/mol. The fourth-order valence-electron chi connectivity index (χ4n) is 1.43. The summed E-state index contributed by atoms with van der Waals surface area (Å²) in [6.45, 7) is 1.85. The minimum absolute atomic E-state index is 0.0859. The summed E-state index contributed by atoms with van der Waals surface area (Å²) in [6, 6.07) is 3.90. The largest absolute Gasteiger partial charge is 0.395 e. The topological polar surface area (TPSA) is 63.9 Å². The van der Waals surface area contributed by atoms with Crippen molar-refractivity contribution in [2.24, 2.45) is 0 Å². The minimum atomic E-state index is -0.131. The first-order valence-corrected chi connectivity index (χ1v) is 6.24. The lowest BCUT2D eigenvalue weighted by Gasteiger charge is -2.18. The number of aliphatic hydroxyl groups excluding tert-OH is 3. The molecular formula is C12H17NO3S. The third-order valence-electron chi connectivity index (χ3n) is 2.16. The zero-order valence-electron chi connectivity index (χ0n) is 9.59. The van der Waals surface area contributed by atoms with Crippen molar-refractivity contribution in [3.8, 4) is 11.8 Å². The highest BCUT2D eigenvalue weighted by molar-refractivity contribution is 7.12. The molecule has 0 unspecified atom stereocenters. The van der Waals surface area contributed by atoms with Gasteiger partial charge in [-0.15, -0.1) is 11.3 Å². The fraction of sp³-hybridized carbons (Fsp3) is 0.500. The van der Waals surface area contributed by atoms with Crippen molar-refractivity contribution in [2.75, 3.05) is 32.9 Å². The molecule has 94 valence electrons. The number of nitrogens with zero attached hydrogens (tertiary/aromatic N) is 1. The lowest BCUT2D eigenvalue weighted by Crippen LogP contribution is -2.28. The van der Waals surface area contributed by atoms with Gasteiger partial charge in [-0.05, 0) is 12.1 Å². The molecule has 0 fully saturated rings. The van der Waals surface area contributed by atoms with Crippen LogP contribution in [0.15, 0.2) is 12.1 Å². The summed E-state index contributed by atoms with van der Waals surface area (Å²) in [5, 5.41) is 26.4. The number of thiophene rings is 1. The third-order valence-corrected chi connectivity index (χ3v) is 3.15. The second-order valence-corrected chi connectivity index (χ2v) is 4.62. The lowest BCUT2D eigenvalue weighted by atomic mass is 10.3. The average molecular weight is 255 g/mol. The molecular weight excluding hydrogens is 238 g/mol. The first-order chi connectivity index (χ1) is 8.30. The van der Waals surface area contributed by atoms with E-state index in [4.69, 9.17) is 15.3 Å². The number of hydrogen-bond acceptors (Lipinski definition) is 5. The molecule has 0 spiro atoms. The van der Waals surface area contributed by atoms with Gasteiger partial charge in [0, 0.05) is 24.5 Å². The molecule has 0 atom stereocenters. The SMILES string of the molecule is OCC#Cc1ccc(CN(CCO)CCO)s1. The van der Waals surface area contributed by atoms with Crippen LogP contribution in [0.5, 0.6) is 0 Å². The van der Waals surface area contributed by atoms with Crippen molar-refractivity contribution in [2.45, 2.75) is 6.54 Å². The summed E-state index contributed by atoms with van der Waals surface area (Å²) in [4.78, 5) is 4.03. The van der Waals surface area contributed by atoms with Crippen molar-refractivity contribution >= 4 is 11.3 Å². The van der Waals surface area contributed by atoms with E-state index in [1.165, 1.54) is 0 Å². The van der Waals surface area contributed by atoms with Gasteiger partial charge >= 0.3 is 0 Å². The highest BCUT2D eigenvalue weighted by atomic mass is 32.1. The molecule has 4 nitrogen and oxygen atoms in total. The second-order valence-electron chi connectivity index (χ2n) is 3.45. The third kappa shape index (κ3) is 5.31. The molecule has 0 saturated carbocycles. The predicted molar refractivity (Wildman–Crippen MR) is 67.7 cm³/mol. The molecule has 0 aliphatic rings. The van der Waals surface area contributed by atoms with Crippen LogP contribution in [0, 0.1) is 11.8 Å². The van der Waals surface area contributed by atoms with Gasteiger partial charge in [-0.1, -0.05) is 11.8 Å². The van der Waals surface area contributed by atoms with Gasteiger partial charge in [0.15, 0.2) is 0 Å². The zero-order valence-corrected chi connectivity index (χ0v) is 10.4. The molecule has 0 amide bonds. The first-order valence-electron chi connectivity index (χ1n) is 5.42. The van der Waals surface area contributed by atoms with Gasteiger partial charge in [-0.2, -0.15) is 0 Å². The van der Waals surface area contributed by atoms with Gasteiger partial charge < -0.3 is 15.3 Å². The van der Waals surface area contributed by atoms with Crippen LogP contribution in [0.4, 0.5) is 0 Å². The van der Waals surface area contributed by atoms with Crippen LogP contribution >= 0.6 is 11.3 Å². The normalized spacial score (nSPS) is 10.4. The molecule has 1 aromatic heterocycles. The zero-order chi connectivity index (χ0) is 12.5. The number of hydrogen-bond donors (Lipinski definition) is 3. The van der Waals surface area contributed by atoms with E-state index in [0.29, 0.717) is 19.6 Å². The summed E-state index contributed by atoms with van der Waals surface area (Å²) in [6.07, 6.45) is 0. The Morgan fingerprint density at radius 1 is 1.12 bits per heavy atom. The molecule has 0 radical (unpaired) electrons. The van der Waals surface area contributed by atoms with Crippen LogP contribution in [0.2, 0.25) is 0 Å². The molecule has 1 rings (SSSR count). The smallest absolute Gasteiger partial charge is 0.104 e. The van der Waals surface area contributed by atoms with Gasteiger partial charge in [-0.25, -0.2) is 0 Å². The number of aliphatic hydroxyl groups is 3. The predicted octanol–water partition coefficient (Wildman–Crippen LogP) is -0.122. The Hall–Kier alpha value is -0.900. The maximum absolute atomic E-state index is 8.89. The van der Waals surface area contributed by atoms with E-state index in [2.05, 4.69) is 11.8 Å². The van der Waals surface area contributed by atoms with Crippen LogP contribution < -0.4 is 0 Å². The van der Waals surface area contributed by atoms with Gasteiger partial charge in [-0.3, -0.25) is 4.90 Å². The Kier molecular flexibility index (Phi) is 6.86. The Labute approximate surface area is 105 Å². The van der Waals surface area contributed by atoms with Crippen LogP contribution in [-0.2, 0) is 6.54 Å². The molecule has 0 aliphatic heterocycles. The molecule has 5 heteroatoms. The van der Waals surface area contributed by atoms with E-state index in [-0.39, 0.29) is 19.8 Å². The summed E-state index contributed by atoms with van der Waals surface area (Å²) >= 11 is 1.56. The van der Waals surface area contributed by atoms with E-state index in [1.54, 1.807) is 11.3 Å². The van der Waals surface area contributed by atoms with E-state index in [1.807, 2.05) is 17.0 Å².